The van der Waals surface area contributed by atoms with Gasteiger partial charge in [0.05, 0.1) is 4.90 Å². The largest absolute Gasteiger partial charge is 0.371 e. The lowest BCUT2D eigenvalue weighted by Gasteiger charge is -2.52. The maximum Gasteiger partial charge on any atom is 0.240 e. The highest BCUT2D eigenvalue weighted by Crippen LogP contribution is 2.52. The molecule has 5 nitrogen and oxygen atoms in total. The van der Waals surface area contributed by atoms with Crippen molar-refractivity contribution in [2.75, 3.05) is 31.6 Å². The maximum absolute atomic E-state index is 14.9. The molecule has 40 heavy (non-hydrogen) atoms. The van der Waals surface area contributed by atoms with Gasteiger partial charge in [-0.2, -0.15) is 0 Å². The van der Waals surface area contributed by atoms with E-state index in [4.69, 9.17) is 0 Å². The van der Waals surface area contributed by atoms with Gasteiger partial charge in [-0.15, -0.1) is 0 Å². The van der Waals surface area contributed by atoms with E-state index in [1.807, 2.05) is 18.2 Å². The molecular weight excluding hydrogens is 521 g/mol. The zero-order valence-corrected chi connectivity index (χ0v) is 24.8. The van der Waals surface area contributed by atoms with E-state index >= 15 is 0 Å². The molecule has 0 radical (unpaired) electrons. The van der Waals surface area contributed by atoms with Crippen LogP contribution in [0.5, 0.6) is 0 Å². The number of nitrogens with zero attached hydrogens (tertiary/aromatic N) is 1. The monoisotopic (exact) mass is 567 g/mol. The van der Waals surface area contributed by atoms with Gasteiger partial charge in [-0.1, -0.05) is 50.7 Å². The first-order valence-electron chi connectivity index (χ1n) is 15.7. The second-order valence-corrected chi connectivity index (χ2v) is 14.8. The molecule has 0 aromatic heterocycles. The molecule has 2 saturated carbocycles. The van der Waals surface area contributed by atoms with Crippen LogP contribution in [-0.4, -0.2) is 35.1 Å². The van der Waals surface area contributed by atoms with E-state index in [1.165, 1.54) is 83.2 Å². The van der Waals surface area contributed by atoms with Gasteiger partial charge in [0.2, 0.25) is 10.0 Å². The Morgan fingerprint density at radius 2 is 1.60 bits per heavy atom. The highest BCUT2D eigenvalue weighted by atomic mass is 32.2. The second kappa shape index (κ2) is 11.7. The summed E-state index contributed by atoms with van der Waals surface area (Å²) in [6, 6.07) is 13.1. The van der Waals surface area contributed by atoms with Crippen LogP contribution in [0, 0.1) is 29.5 Å². The average Bonchev–Trinajstić information content (AvgIpc) is 3.50. The third-order valence-electron chi connectivity index (χ3n) is 10.8. The third-order valence-corrected chi connectivity index (χ3v) is 12.2. The van der Waals surface area contributed by atoms with Gasteiger partial charge in [0.25, 0.3) is 0 Å². The molecule has 2 aromatic carbocycles. The fraction of sp³-hybridized carbons (Fsp3) is 0.636. The van der Waals surface area contributed by atoms with Gasteiger partial charge in [0, 0.05) is 30.9 Å². The quantitative estimate of drug-likeness (QED) is 0.369. The van der Waals surface area contributed by atoms with Crippen molar-refractivity contribution in [2.24, 2.45) is 23.7 Å². The molecule has 0 bridgehead atoms. The van der Waals surface area contributed by atoms with Crippen molar-refractivity contribution in [3.8, 4) is 0 Å². The summed E-state index contributed by atoms with van der Waals surface area (Å²) in [5.41, 5.74) is 3.37. The normalized spacial score (nSPS) is 27.9. The van der Waals surface area contributed by atoms with Crippen LogP contribution >= 0.6 is 0 Å². The Morgan fingerprint density at radius 3 is 2.30 bits per heavy atom. The maximum atomic E-state index is 14.9. The molecule has 2 N–H and O–H groups in total. The summed E-state index contributed by atoms with van der Waals surface area (Å²) in [5.74, 6) is 2.82. The van der Waals surface area contributed by atoms with Crippen molar-refractivity contribution in [1.29, 1.82) is 0 Å². The molecule has 0 amide bonds. The number of benzene rings is 2. The SMILES string of the molecule is CNS(=O)(=O)c1ccc(N2CC(CCCC3CCC(C4(C5CCCC5)NCCc5c(F)cccc54)CC3)C2)cc1. The molecule has 6 rings (SSSR count). The Labute approximate surface area is 240 Å². The van der Waals surface area contributed by atoms with E-state index in [0.29, 0.717) is 16.7 Å². The number of hydrogen-bond acceptors (Lipinski definition) is 4. The Hall–Kier alpha value is -1.96. The van der Waals surface area contributed by atoms with Gasteiger partial charge < -0.3 is 10.2 Å². The molecule has 1 saturated heterocycles. The highest BCUT2D eigenvalue weighted by molar-refractivity contribution is 7.89. The number of anilines is 1. The standard InChI is InChI=1S/C33H46FN3O2S/c1-35-40(38,39)29-18-16-28(17-19-29)37-22-25(23-37)7-4-6-24-12-14-27(15-13-24)33(26-8-2-3-9-26)31-10-5-11-32(34)30(31)20-21-36-33/h5,10-11,16-19,24-27,35-36H,2-4,6-9,12-15,20-23H2,1H3. The first-order chi connectivity index (χ1) is 19.4. The molecule has 3 fully saturated rings. The second-order valence-electron chi connectivity index (χ2n) is 12.9. The average molecular weight is 568 g/mol. The van der Waals surface area contributed by atoms with Crippen LogP contribution in [0.1, 0.15) is 81.8 Å². The fourth-order valence-electron chi connectivity index (χ4n) is 8.65. The van der Waals surface area contributed by atoms with Crippen LogP contribution in [-0.2, 0) is 22.0 Å². The minimum Gasteiger partial charge on any atom is -0.371 e. The number of rotatable bonds is 9. The first-order valence-corrected chi connectivity index (χ1v) is 17.2. The molecular formula is C33H46FN3O2S. The van der Waals surface area contributed by atoms with Crippen LogP contribution < -0.4 is 14.9 Å². The van der Waals surface area contributed by atoms with Crippen LogP contribution in [0.25, 0.3) is 0 Å². The number of fused-ring (bicyclic) bond motifs is 1. The lowest BCUT2D eigenvalue weighted by atomic mass is 9.60. The summed E-state index contributed by atoms with van der Waals surface area (Å²) in [4.78, 5) is 2.67. The van der Waals surface area contributed by atoms with E-state index in [2.05, 4.69) is 21.0 Å². The number of halogens is 1. The van der Waals surface area contributed by atoms with Gasteiger partial charge in [0.1, 0.15) is 5.82 Å². The molecule has 2 aliphatic carbocycles. The smallest absolute Gasteiger partial charge is 0.240 e. The van der Waals surface area contributed by atoms with Gasteiger partial charge in [-0.05, 0) is 111 Å². The van der Waals surface area contributed by atoms with E-state index in [-0.39, 0.29) is 11.4 Å². The Kier molecular flexibility index (Phi) is 8.26. The number of hydrogen-bond donors (Lipinski definition) is 2. The third kappa shape index (κ3) is 5.34. The van der Waals surface area contributed by atoms with Crippen molar-refractivity contribution in [1.82, 2.24) is 10.0 Å². The van der Waals surface area contributed by atoms with E-state index in [1.54, 1.807) is 18.2 Å². The first kappa shape index (κ1) is 28.2. The van der Waals surface area contributed by atoms with Crippen molar-refractivity contribution in [3.05, 3.63) is 59.4 Å². The summed E-state index contributed by atoms with van der Waals surface area (Å²) in [6.07, 6.45) is 15.1. The van der Waals surface area contributed by atoms with Crippen molar-refractivity contribution in [2.45, 2.75) is 87.5 Å². The van der Waals surface area contributed by atoms with Crippen molar-refractivity contribution < 1.29 is 12.8 Å². The minimum absolute atomic E-state index is 0.00312. The summed E-state index contributed by atoms with van der Waals surface area (Å²) in [6.45, 7) is 3.04. The molecule has 2 heterocycles. The lowest BCUT2D eigenvalue weighted by Crippen LogP contribution is -2.57. The molecule has 1 unspecified atom stereocenters. The predicted octanol–water partition coefficient (Wildman–Crippen LogP) is 6.38. The Balaban J connectivity index is 0.994. The molecule has 4 aliphatic rings. The Morgan fingerprint density at radius 1 is 0.925 bits per heavy atom. The highest BCUT2D eigenvalue weighted by Gasteiger charge is 2.50. The van der Waals surface area contributed by atoms with Crippen LogP contribution in [0.2, 0.25) is 0 Å². The Bertz CT molecular complexity index is 1260. The molecule has 218 valence electrons. The molecule has 1 atom stereocenters. The molecule has 7 heteroatoms. The number of sulfonamides is 1. The topological polar surface area (TPSA) is 61.4 Å². The van der Waals surface area contributed by atoms with Gasteiger partial charge >= 0.3 is 0 Å². The molecule has 2 aromatic rings. The minimum atomic E-state index is -3.38. The summed E-state index contributed by atoms with van der Waals surface area (Å²) < 4.78 is 41.2. The lowest BCUT2D eigenvalue weighted by molar-refractivity contribution is 0.0689. The number of nitrogens with one attached hydrogen (secondary N) is 2. The van der Waals surface area contributed by atoms with E-state index in [0.717, 1.165) is 49.1 Å². The zero-order chi connectivity index (χ0) is 27.7. The van der Waals surface area contributed by atoms with Crippen molar-refractivity contribution >= 4 is 15.7 Å². The predicted molar refractivity (Wildman–Crippen MR) is 159 cm³/mol. The zero-order valence-electron chi connectivity index (χ0n) is 24.0. The van der Waals surface area contributed by atoms with Crippen LogP contribution in [0.3, 0.4) is 0 Å². The van der Waals surface area contributed by atoms with Crippen LogP contribution in [0.15, 0.2) is 47.4 Å². The molecule has 0 spiro atoms. The molecule has 2 aliphatic heterocycles. The summed E-state index contributed by atoms with van der Waals surface area (Å²) >= 11 is 0. The van der Waals surface area contributed by atoms with Gasteiger partial charge in [-0.25, -0.2) is 17.5 Å². The van der Waals surface area contributed by atoms with Gasteiger partial charge in [0.15, 0.2) is 0 Å². The van der Waals surface area contributed by atoms with E-state index < -0.39 is 10.0 Å². The summed E-state index contributed by atoms with van der Waals surface area (Å²) in [5, 5.41) is 4.04. The van der Waals surface area contributed by atoms with Gasteiger partial charge in [-0.3, -0.25) is 0 Å². The fourth-order valence-corrected chi connectivity index (χ4v) is 9.38. The van der Waals surface area contributed by atoms with Crippen molar-refractivity contribution in [3.63, 3.8) is 0 Å². The summed E-state index contributed by atoms with van der Waals surface area (Å²) in [7, 11) is -1.94. The van der Waals surface area contributed by atoms with E-state index in [9.17, 15) is 12.8 Å². The van der Waals surface area contributed by atoms with Crippen LogP contribution in [0.4, 0.5) is 10.1 Å².